The van der Waals surface area contributed by atoms with Crippen LogP contribution in [-0.4, -0.2) is 35.0 Å². The van der Waals surface area contributed by atoms with E-state index in [1.54, 1.807) is 0 Å². The maximum Gasteiger partial charge on any atom is 0.241 e. The fraction of sp³-hybridized carbons (Fsp3) is 0.333. The topological polar surface area (TPSA) is 81.8 Å². The number of nitrogens with one attached hydrogen (secondary N) is 4. The van der Waals surface area contributed by atoms with Gasteiger partial charge in [0.15, 0.2) is 0 Å². The second-order valence-corrected chi connectivity index (χ2v) is 11.7. The third-order valence-electron chi connectivity index (χ3n) is 8.84. The number of anilines is 1. The van der Waals surface area contributed by atoms with Crippen molar-refractivity contribution in [3.05, 3.63) is 83.8 Å². The summed E-state index contributed by atoms with van der Waals surface area (Å²) in [6.45, 7) is 6.54. The molecule has 0 saturated carbocycles. The Balaban J connectivity index is 1.13. The largest absolute Gasteiger partial charge is 0.341 e. The summed E-state index contributed by atoms with van der Waals surface area (Å²) < 4.78 is 0. The van der Waals surface area contributed by atoms with Crippen molar-refractivity contribution in [3.8, 4) is 33.5 Å². The highest BCUT2D eigenvalue weighted by atomic mass is 16.2. The lowest BCUT2D eigenvalue weighted by molar-refractivity contribution is -0.117. The first-order valence-corrected chi connectivity index (χ1v) is 14.2. The smallest absolute Gasteiger partial charge is 0.241 e. The molecule has 2 fully saturated rings. The number of hydrogen-bond donors (Lipinski definition) is 4. The molecular weight excluding hydrogens is 482 g/mol. The number of carbonyl (C=O) groups is 1. The van der Waals surface area contributed by atoms with Gasteiger partial charge in [-0.1, -0.05) is 56.3 Å². The summed E-state index contributed by atoms with van der Waals surface area (Å²) in [6.07, 6.45) is 6.24. The molecule has 3 aliphatic rings. The van der Waals surface area contributed by atoms with E-state index in [1.165, 1.54) is 39.8 Å². The number of H-pyrrole nitrogens is 1. The zero-order valence-corrected chi connectivity index (χ0v) is 22.6. The third-order valence-corrected chi connectivity index (χ3v) is 8.84. The Morgan fingerprint density at radius 1 is 0.846 bits per heavy atom. The van der Waals surface area contributed by atoms with Gasteiger partial charge in [-0.25, -0.2) is 4.98 Å². The second-order valence-electron chi connectivity index (χ2n) is 11.7. The number of aromatic amines is 1. The molecule has 0 bridgehead atoms. The number of aromatic nitrogens is 2. The Morgan fingerprint density at radius 2 is 1.54 bits per heavy atom. The number of carbonyl (C=O) groups excluding carboxylic acids is 1. The Bertz CT molecular complexity index is 1540. The lowest BCUT2D eigenvalue weighted by atomic mass is 9.81. The van der Waals surface area contributed by atoms with Crippen LogP contribution in [0.25, 0.3) is 33.5 Å². The Hall–Kier alpha value is -3.74. The number of rotatable bonds is 5. The number of benzene rings is 3. The minimum absolute atomic E-state index is 0.0630. The summed E-state index contributed by atoms with van der Waals surface area (Å²) in [4.78, 5) is 20.8. The van der Waals surface area contributed by atoms with Gasteiger partial charge >= 0.3 is 0 Å². The van der Waals surface area contributed by atoms with Gasteiger partial charge in [-0.05, 0) is 95.9 Å². The zero-order chi connectivity index (χ0) is 26.6. The van der Waals surface area contributed by atoms with Gasteiger partial charge in [0.25, 0.3) is 0 Å². The van der Waals surface area contributed by atoms with Crippen molar-refractivity contribution >= 4 is 11.6 Å². The van der Waals surface area contributed by atoms with E-state index in [2.05, 4.69) is 94.4 Å². The van der Waals surface area contributed by atoms with Crippen LogP contribution in [0, 0.1) is 0 Å². The van der Waals surface area contributed by atoms with E-state index in [9.17, 15) is 4.79 Å². The number of fused-ring (bicyclic) bond motifs is 3. The van der Waals surface area contributed by atoms with Gasteiger partial charge in [-0.3, -0.25) is 4.79 Å². The summed E-state index contributed by atoms with van der Waals surface area (Å²) in [5.74, 6) is 1.10. The highest BCUT2D eigenvalue weighted by Crippen LogP contribution is 2.50. The minimum atomic E-state index is -0.159. The standard InChI is InChI=1S/C33H35N5O/c1-33(2)26-17-22(20-7-9-21(10-8-20)30-19-36-31(38-30)28-5-3-15-34-28)11-13-24(26)25-14-12-23(18-27(25)33)37-32(39)29-6-4-16-35-29/h7-14,17-19,28-29,34-35H,3-6,15-16H2,1-2H3,(H,36,38)(H,37,39). The molecule has 2 aliphatic heterocycles. The Kier molecular flexibility index (Phi) is 5.90. The molecule has 3 heterocycles. The highest BCUT2D eigenvalue weighted by molar-refractivity contribution is 5.96. The van der Waals surface area contributed by atoms with Crippen LogP contribution in [0.1, 0.15) is 62.5 Å². The number of amides is 1. The maximum atomic E-state index is 12.7. The van der Waals surface area contributed by atoms with Crippen molar-refractivity contribution in [2.45, 2.75) is 57.0 Å². The molecule has 3 aromatic carbocycles. The zero-order valence-electron chi connectivity index (χ0n) is 22.6. The average Bonchev–Trinajstić information content (AvgIpc) is 3.77. The van der Waals surface area contributed by atoms with Gasteiger partial charge in [-0.15, -0.1) is 0 Å². The number of imidazole rings is 1. The molecule has 1 aliphatic carbocycles. The number of nitrogens with zero attached hydrogens (tertiary/aromatic N) is 1. The molecule has 2 unspecified atom stereocenters. The highest BCUT2D eigenvalue weighted by Gasteiger charge is 2.36. The van der Waals surface area contributed by atoms with Crippen LogP contribution in [0.15, 0.2) is 66.9 Å². The molecule has 0 spiro atoms. The molecule has 39 heavy (non-hydrogen) atoms. The summed E-state index contributed by atoms with van der Waals surface area (Å²) >= 11 is 0. The van der Waals surface area contributed by atoms with Crippen molar-refractivity contribution in [2.24, 2.45) is 0 Å². The van der Waals surface area contributed by atoms with Gasteiger partial charge in [0.05, 0.1) is 24.0 Å². The maximum absolute atomic E-state index is 12.7. The molecule has 1 aromatic heterocycles. The SMILES string of the molecule is CC1(C)c2cc(NC(=O)C3CCCN3)ccc2-c2ccc(-c3ccc(-c4cnc(C5CCCN5)[nH]4)cc3)cc21. The van der Waals surface area contributed by atoms with E-state index in [4.69, 9.17) is 0 Å². The predicted molar refractivity (Wildman–Crippen MR) is 157 cm³/mol. The molecule has 2 saturated heterocycles. The molecule has 2 atom stereocenters. The van der Waals surface area contributed by atoms with E-state index in [0.717, 1.165) is 55.1 Å². The van der Waals surface area contributed by atoms with Crippen LogP contribution >= 0.6 is 0 Å². The molecule has 4 aromatic rings. The lowest BCUT2D eigenvalue weighted by Crippen LogP contribution is -2.35. The summed E-state index contributed by atoms with van der Waals surface area (Å²) in [5, 5.41) is 9.94. The molecule has 198 valence electrons. The fourth-order valence-corrected chi connectivity index (χ4v) is 6.55. The van der Waals surface area contributed by atoms with Crippen molar-refractivity contribution in [3.63, 3.8) is 0 Å². The average molecular weight is 518 g/mol. The molecule has 7 rings (SSSR count). The van der Waals surface area contributed by atoms with E-state index < -0.39 is 0 Å². The van der Waals surface area contributed by atoms with Gasteiger partial charge in [0.1, 0.15) is 5.82 Å². The van der Waals surface area contributed by atoms with E-state index in [-0.39, 0.29) is 17.4 Å². The summed E-state index contributed by atoms with van der Waals surface area (Å²) in [7, 11) is 0. The number of hydrogen-bond acceptors (Lipinski definition) is 4. The molecule has 4 N–H and O–H groups in total. The first-order chi connectivity index (χ1) is 19.0. The second kappa shape index (κ2) is 9.47. The van der Waals surface area contributed by atoms with Crippen LogP contribution in [0.4, 0.5) is 5.69 Å². The normalized spacial score (nSPS) is 21.1. The third kappa shape index (κ3) is 4.28. The van der Waals surface area contributed by atoms with E-state index in [1.807, 2.05) is 12.3 Å². The quantitative estimate of drug-likeness (QED) is 0.255. The summed E-state index contributed by atoms with van der Waals surface area (Å²) in [6, 6.07) is 22.2. The van der Waals surface area contributed by atoms with Crippen molar-refractivity contribution < 1.29 is 4.79 Å². The van der Waals surface area contributed by atoms with E-state index in [0.29, 0.717) is 6.04 Å². The first kappa shape index (κ1) is 24.3. The van der Waals surface area contributed by atoms with Crippen LogP contribution in [0.3, 0.4) is 0 Å². The molecular formula is C33H35N5O. The van der Waals surface area contributed by atoms with Gasteiger partial charge < -0.3 is 20.9 Å². The Morgan fingerprint density at radius 3 is 2.28 bits per heavy atom. The molecule has 6 heteroatoms. The van der Waals surface area contributed by atoms with Crippen molar-refractivity contribution in [1.82, 2.24) is 20.6 Å². The fourth-order valence-electron chi connectivity index (χ4n) is 6.55. The van der Waals surface area contributed by atoms with E-state index >= 15 is 0 Å². The lowest BCUT2D eigenvalue weighted by Gasteiger charge is -2.23. The van der Waals surface area contributed by atoms with Gasteiger partial charge in [-0.2, -0.15) is 0 Å². The van der Waals surface area contributed by atoms with Crippen LogP contribution in [-0.2, 0) is 10.2 Å². The van der Waals surface area contributed by atoms with Crippen molar-refractivity contribution in [2.75, 3.05) is 18.4 Å². The Labute approximate surface area is 229 Å². The molecule has 0 radical (unpaired) electrons. The monoisotopic (exact) mass is 517 g/mol. The summed E-state index contributed by atoms with van der Waals surface area (Å²) in [5.41, 5.74) is 10.4. The van der Waals surface area contributed by atoms with Crippen LogP contribution < -0.4 is 16.0 Å². The van der Waals surface area contributed by atoms with Crippen LogP contribution in [0.2, 0.25) is 0 Å². The van der Waals surface area contributed by atoms with Gasteiger partial charge in [0.2, 0.25) is 5.91 Å². The minimum Gasteiger partial charge on any atom is -0.341 e. The van der Waals surface area contributed by atoms with Crippen molar-refractivity contribution in [1.29, 1.82) is 0 Å². The van der Waals surface area contributed by atoms with Gasteiger partial charge in [0, 0.05) is 11.1 Å². The predicted octanol–water partition coefficient (Wildman–Crippen LogP) is 6.17. The molecule has 1 amide bonds. The first-order valence-electron chi connectivity index (χ1n) is 14.2. The molecule has 6 nitrogen and oxygen atoms in total. The van der Waals surface area contributed by atoms with Crippen LogP contribution in [0.5, 0.6) is 0 Å².